The van der Waals surface area contributed by atoms with Gasteiger partial charge in [0.1, 0.15) is 23.9 Å². The summed E-state index contributed by atoms with van der Waals surface area (Å²) in [6, 6.07) is 5.63. The van der Waals surface area contributed by atoms with E-state index in [0.29, 0.717) is 36.8 Å². The molecule has 128 valence electrons. The molecule has 0 radical (unpaired) electrons. The molecule has 1 atom stereocenters. The van der Waals surface area contributed by atoms with E-state index in [1.165, 1.54) is 0 Å². The van der Waals surface area contributed by atoms with Crippen LogP contribution in [0.4, 0.5) is 0 Å². The van der Waals surface area contributed by atoms with Crippen LogP contribution in [-0.4, -0.2) is 57.4 Å². The van der Waals surface area contributed by atoms with Gasteiger partial charge in [-0.3, -0.25) is 4.79 Å². The standard InChI is InChI=1S/C16H24N2O4S/c1-20-13-8-14(21-2)10-15(9-13)22-5-3-18-16(19)7-12-11-23-6-4-17-12/h8-10,12,17H,3-7,11H2,1-2H3,(H,18,19). The third-order valence-corrected chi connectivity index (χ3v) is 4.58. The van der Waals surface area contributed by atoms with Gasteiger partial charge in [-0.1, -0.05) is 0 Å². The second-order valence-electron chi connectivity index (χ2n) is 5.18. The molecule has 2 rings (SSSR count). The fraction of sp³-hybridized carbons (Fsp3) is 0.562. The molecule has 1 unspecified atom stereocenters. The highest BCUT2D eigenvalue weighted by Crippen LogP contribution is 2.27. The Hall–Kier alpha value is -1.60. The van der Waals surface area contributed by atoms with Crippen molar-refractivity contribution in [1.82, 2.24) is 10.6 Å². The van der Waals surface area contributed by atoms with E-state index >= 15 is 0 Å². The third-order valence-electron chi connectivity index (χ3n) is 3.45. The monoisotopic (exact) mass is 340 g/mol. The summed E-state index contributed by atoms with van der Waals surface area (Å²) in [7, 11) is 3.19. The van der Waals surface area contributed by atoms with Crippen molar-refractivity contribution >= 4 is 17.7 Å². The Morgan fingerprint density at radius 1 is 1.26 bits per heavy atom. The molecule has 6 nitrogen and oxygen atoms in total. The van der Waals surface area contributed by atoms with Gasteiger partial charge in [-0.05, 0) is 0 Å². The quantitative estimate of drug-likeness (QED) is 0.695. The van der Waals surface area contributed by atoms with Crippen LogP contribution in [0.25, 0.3) is 0 Å². The number of benzene rings is 1. The van der Waals surface area contributed by atoms with Gasteiger partial charge in [0.2, 0.25) is 5.91 Å². The highest BCUT2D eigenvalue weighted by molar-refractivity contribution is 7.99. The minimum atomic E-state index is 0.0526. The van der Waals surface area contributed by atoms with Crippen LogP contribution in [0.2, 0.25) is 0 Å². The van der Waals surface area contributed by atoms with Gasteiger partial charge in [0.05, 0.1) is 20.8 Å². The largest absolute Gasteiger partial charge is 0.496 e. The molecule has 23 heavy (non-hydrogen) atoms. The van der Waals surface area contributed by atoms with E-state index in [4.69, 9.17) is 14.2 Å². The van der Waals surface area contributed by atoms with Gasteiger partial charge in [0, 0.05) is 48.7 Å². The summed E-state index contributed by atoms with van der Waals surface area (Å²) in [6.07, 6.45) is 0.514. The van der Waals surface area contributed by atoms with Gasteiger partial charge in [0.15, 0.2) is 0 Å². The van der Waals surface area contributed by atoms with Crippen molar-refractivity contribution in [3.63, 3.8) is 0 Å². The Labute approximate surface area is 141 Å². The molecule has 1 aliphatic heterocycles. The van der Waals surface area contributed by atoms with Crippen molar-refractivity contribution in [2.75, 3.05) is 45.4 Å². The van der Waals surface area contributed by atoms with E-state index in [2.05, 4.69) is 10.6 Å². The summed E-state index contributed by atoms with van der Waals surface area (Å²) < 4.78 is 16.0. The molecular formula is C16H24N2O4S. The lowest BCUT2D eigenvalue weighted by molar-refractivity contribution is -0.121. The summed E-state index contributed by atoms with van der Waals surface area (Å²) in [5.74, 6) is 4.16. The number of ether oxygens (including phenoxy) is 3. The van der Waals surface area contributed by atoms with Crippen LogP contribution >= 0.6 is 11.8 Å². The molecule has 0 bridgehead atoms. The Kier molecular flexibility index (Phi) is 7.35. The zero-order chi connectivity index (χ0) is 16.5. The van der Waals surface area contributed by atoms with Crippen molar-refractivity contribution < 1.29 is 19.0 Å². The van der Waals surface area contributed by atoms with E-state index in [1.54, 1.807) is 32.4 Å². The first-order chi connectivity index (χ1) is 11.2. The number of thioether (sulfide) groups is 1. The molecule has 0 saturated carbocycles. The van der Waals surface area contributed by atoms with Crippen LogP contribution in [-0.2, 0) is 4.79 Å². The molecular weight excluding hydrogens is 316 g/mol. The van der Waals surface area contributed by atoms with Gasteiger partial charge in [-0.15, -0.1) is 0 Å². The third kappa shape index (κ3) is 6.19. The minimum Gasteiger partial charge on any atom is -0.496 e. The van der Waals surface area contributed by atoms with E-state index in [9.17, 15) is 4.79 Å². The zero-order valence-electron chi connectivity index (χ0n) is 13.6. The Morgan fingerprint density at radius 2 is 1.96 bits per heavy atom. The van der Waals surface area contributed by atoms with Crippen LogP contribution in [0.15, 0.2) is 18.2 Å². The van der Waals surface area contributed by atoms with Crippen LogP contribution in [0.3, 0.4) is 0 Å². The predicted octanol–water partition coefficient (Wildman–Crippen LogP) is 1.29. The average Bonchev–Trinajstić information content (AvgIpc) is 2.59. The number of hydrogen-bond acceptors (Lipinski definition) is 6. The first-order valence-electron chi connectivity index (χ1n) is 7.65. The first-order valence-corrected chi connectivity index (χ1v) is 8.80. The molecule has 1 aromatic rings. The van der Waals surface area contributed by atoms with Crippen molar-refractivity contribution in [2.45, 2.75) is 12.5 Å². The van der Waals surface area contributed by atoms with Crippen LogP contribution < -0.4 is 24.8 Å². The predicted molar refractivity (Wildman–Crippen MR) is 91.8 cm³/mol. The van der Waals surface area contributed by atoms with Crippen LogP contribution in [0.5, 0.6) is 17.2 Å². The van der Waals surface area contributed by atoms with Crippen molar-refractivity contribution in [3.05, 3.63) is 18.2 Å². The number of amides is 1. The van der Waals surface area contributed by atoms with Crippen molar-refractivity contribution in [3.8, 4) is 17.2 Å². The highest BCUT2D eigenvalue weighted by Gasteiger charge is 2.16. The normalized spacial score (nSPS) is 17.4. The fourth-order valence-corrected chi connectivity index (χ4v) is 3.22. The number of carbonyl (C=O) groups excluding carboxylic acids is 1. The number of rotatable bonds is 8. The molecule has 2 N–H and O–H groups in total. The maximum Gasteiger partial charge on any atom is 0.221 e. The summed E-state index contributed by atoms with van der Waals surface area (Å²) in [5, 5.41) is 6.23. The highest BCUT2D eigenvalue weighted by atomic mass is 32.2. The van der Waals surface area contributed by atoms with E-state index in [-0.39, 0.29) is 11.9 Å². The summed E-state index contributed by atoms with van der Waals surface area (Å²) in [5.41, 5.74) is 0. The number of hydrogen-bond donors (Lipinski definition) is 2. The molecule has 0 aromatic heterocycles. The zero-order valence-corrected chi connectivity index (χ0v) is 14.4. The van der Waals surface area contributed by atoms with Crippen molar-refractivity contribution in [1.29, 1.82) is 0 Å². The molecule has 1 aliphatic rings. The summed E-state index contributed by atoms with van der Waals surface area (Å²) in [4.78, 5) is 11.9. The molecule has 0 aliphatic carbocycles. The second kappa shape index (κ2) is 9.52. The van der Waals surface area contributed by atoms with Gasteiger partial charge in [0.25, 0.3) is 0 Å². The van der Waals surface area contributed by atoms with Crippen LogP contribution in [0, 0.1) is 0 Å². The van der Waals surface area contributed by atoms with E-state index in [0.717, 1.165) is 18.1 Å². The minimum absolute atomic E-state index is 0.0526. The molecule has 7 heteroatoms. The Morgan fingerprint density at radius 3 is 2.57 bits per heavy atom. The Balaban J connectivity index is 1.69. The lowest BCUT2D eigenvalue weighted by Gasteiger charge is -2.22. The summed E-state index contributed by atoms with van der Waals surface area (Å²) >= 11 is 1.89. The second-order valence-corrected chi connectivity index (χ2v) is 6.33. The molecule has 1 amide bonds. The molecule has 1 fully saturated rings. The number of carbonyl (C=O) groups is 1. The Bertz CT molecular complexity index is 485. The SMILES string of the molecule is COc1cc(OC)cc(OCCNC(=O)CC2CSCCN2)c1. The number of nitrogens with one attached hydrogen (secondary N) is 2. The van der Waals surface area contributed by atoms with E-state index in [1.807, 2.05) is 11.8 Å². The molecule has 1 heterocycles. The number of methoxy groups -OCH3 is 2. The van der Waals surface area contributed by atoms with Gasteiger partial charge in [-0.2, -0.15) is 11.8 Å². The van der Waals surface area contributed by atoms with Crippen molar-refractivity contribution in [2.24, 2.45) is 0 Å². The maximum atomic E-state index is 11.9. The van der Waals surface area contributed by atoms with E-state index < -0.39 is 0 Å². The average molecular weight is 340 g/mol. The van der Waals surface area contributed by atoms with Gasteiger partial charge >= 0.3 is 0 Å². The van der Waals surface area contributed by atoms with Gasteiger partial charge < -0.3 is 24.8 Å². The van der Waals surface area contributed by atoms with Gasteiger partial charge in [-0.25, -0.2) is 0 Å². The lowest BCUT2D eigenvalue weighted by atomic mass is 10.2. The topological polar surface area (TPSA) is 68.8 Å². The molecule has 0 spiro atoms. The fourth-order valence-electron chi connectivity index (χ4n) is 2.27. The molecule has 1 aromatic carbocycles. The smallest absolute Gasteiger partial charge is 0.221 e. The molecule has 1 saturated heterocycles. The first kappa shape index (κ1) is 17.7. The summed E-state index contributed by atoms with van der Waals surface area (Å²) in [6.45, 7) is 1.84. The lowest BCUT2D eigenvalue weighted by Crippen LogP contribution is -2.41. The van der Waals surface area contributed by atoms with Crippen LogP contribution in [0.1, 0.15) is 6.42 Å². The maximum absolute atomic E-state index is 11.9.